The molecule has 0 saturated carbocycles. The summed E-state index contributed by atoms with van der Waals surface area (Å²) in [6.07, 6.45) is 2.03. The molecular weight excluding hydrogens is 202 g/mol. The van der Waals surface area contributed by atoms with Crippen LogP contribution in [0.5, 0.6) is 0 Å². The van der Waals surface area contributed by atoms with Crippen molar-refractivity contribution in [2.24, 2.45) is 10.7 Å². The average Bonchev–Trinajstić information content (AvgIpc) is 2.41. The van der Waals surface area contributed by atoms with Crippen molar-refractivity contribution in [3.63, 3.8) is 0 Å². The molecule has 2 rings (SSSR count). The quantitative estimate of drug-likeness (QED) is 0.733. The van der Waals surface area contributed by atoms with Crippen LogP contribution in [-0.4, -0.2) is 41.2 Å². The van der Waals surface area contributed by atoms with E-state index in [4.69, 9.17) is 10.5 Å². The molecule has 4 heteroatoms. The predicted molar refractivity (Wildman–Crippen MR) is 65.5 cm³/mol. The first kappa shape index (κ1) is 11.7. The largest absolute Gasteiger partial charge is 0.375 e. The summed E-state index contributed by atoms with van der Waals surface area (Å²) < 4.78 is 5.80. The summed E-state index contributed by atoms with van der Waals surface area (Å²) in [7, 11) is 0. The van der Waals surface area contributed by atoms with Gasteiger partial charge in [0, 0.05) is 19.1 Å². The Balaban J connectivity index is 2.25. The van der Waals surface area contributed by atoms with Gasteiger partial charge in [-0.3, -0.25) is 4.99 Å². The molecular formula is C12H23N3O. The van der Waals surface area contributed by atoms with Crippen LogP contribution in [0, 0.1) is 0 Å². The van der Waals surface area contributed by atoms with Gasteiger partial charge in [0.2, 0.25) is 0 Å². The highest BCUT2D eigenvalue weighted by atomic mass is 16.5. The zero-order chi connectivity index (χ0) is 12.0. The molecule has 0 aliphatic carbocycles. The van der Waals surface area contributed by atoms with Gasteiger partial charge in [0.25, 0.3) is 0 Å². The summed E-state index contributed by atoms with van der Waals surface area (Å²) in [4.78, 5) is 6.74. The molecule has 0 radical (unpaired) electrons. The van der Waals surface area contributed by atoms with E-state index in [2.05, 4.69) is 37.6 Å². The Morgan fingerprint density at radius 1 is 1.44 bits per heavy atom. The molecule has 4 nitrogen and oxygen atoms in total. The van der Waals surface area contributed by atoms with E-state index >= 15 is 0 Å². The van der Waals surface area contributed by atoms with Crippen LogP contribution in [0.4, 0.5) is 0 Å². The van der Waals surface area contributed by atoms with E-state index < -0.39 is 0 Å². The molecule has 2 aliphatic heterocycles. The topological polar surface area (TPSA) is 50.8 Å². The van der Waals surface area contributed by atoms with Crippen LogP contribution in [0.1, 0.15) is 40.5 Å². The van der Waals surface area contributed by atoms with Gasteiger partial charge in [-0.1, -0.05) is 0 Å². The van der Waals surface area contributed by atoms with E-state index in [1.807, 2.05) is 0 Å². The highest BCUT2D eigenvalue weighted by Gasteiger charge is 2.49. The molecule has 1 unspecified atom stereocenters. The van der Waals surface area contributed by atoms with E-state index in [1.165, 1.54) is 0 Å². The van der Waals surface area contributed by atoms with Crippen LogP contribution >= 0.6 is 0 Å². The number of nitrogens with zero attached hydrogens (tertiary/aromatic N) is 2. The standard InChI is InChI=1S/C12H23N3O/c1-9(2)15-10(13)14-8-12(15)5-6-16-11(3,4)7-12/h9H,5-8H2,1-4H3,(H2,13,14). The van der Waals surface area contributed by atoms with Crippen molar-refractivity contribution < 1.29 is 4.74 Å². The van der Waals surface area contributed by atoms with Gasteiger partial charge in [0.15, 0.2) is 5.96 Å². The molecule has 2 N–H and O–H groups in total. The SMILES string of the molecule is CC(C)N1C(N)=NCC12CCOC(C)(C)C2. The van der Waals surface area contributed by atoms with Gasteiger partial charge in [-0.25, -0.2) is 0 Å². The van der Waals surface area contributed by atoms with Crippen molar-refractivity contribution in [3.8, 4) is 0 Å². The number of ether oxygens (including phenoxy) is 1. The second-order valence-electron chi connectivity index (χ2n) is 5.90. The maximum Gasteiger partial charge on any atom is 0.192 e. The molecule has 0 aromatic carbocycles. The summed E-state index contributed by atoms with van der Waals surface area (Å²) in [5, 5.41) is 0. The van der Waals surface area contributed by atoms with E-state index in [1.54, 1.807) is 0 Å². The minimum absolute atomic E-state index is 0.0640. The number of hydrogen-bond donors (Lipinski definition) is 1. The number of rotatable bonds is 1. The minimum atomic E-state index is -0.0640. The lowest BCUT2D eigenvalue weighted by molar-refractivity contribution is -0.105. The van der Waals surface area contributed by atoms with Crippen LogP contribution in [-0.2, 0) is 4.74 Å². The zero-order valence-corrected chi connectivity index (χ0v) is 10.8. The van der Waals surface area contributed by atoms with E-state index in [9.17, 15) is 0 Å². The number of guanidine groups is 1. The maximum atomic E-state index is 6.01. The van der Waals surface area contributed by atoms with Crippen molar-refractivity contribution >= 4 is 5.96 Å². The smallest absolute Gasteiger partial charge is 0.192 e. The van der Waals surface area contributed by atoms with Crippen LogP contribution in [0.2, 0.25) is 0 Å². The molecule has 1 atom stereocenters. The van der Waals surface area contributed by atoms with Crippen molar-refractivity contribution in [2.75, 3.05) is 13.2 Å². The summed E-state index contributed by atoms with van der Waals surface area (Å²) in [6.45, 7) is 10.3. The molecule has 1 fully saturated rings. The molecule has 1 spiro atoms. The van der Waals surface area contributed by atoms with E-state index in [-0.39, 0.29) is 11.1 Å². The molecule has 2 heterocycles. The fourth-order valence-electron chi connectivity index (χ4n) is 3.23. The van der Waals surface area contributed by atoms with Gasteiger partial charge in [-0.2, -0.15) is 0 Å². The molecule has 0 bridgehead atoms. The Morgan fingerprint density at radius 2 is 2.12 bits per heavy atom. The number of hydrogen-bond acceptors (Lipinski definition) is 4. The zero-order valence-electron chi connectivity index (χ0n) is 10.8. The first-order chi connectivity index (χ1) is 7.36. The van der Waals surface area contributed by atoms with Crippen molar-refractivity contribution in [2.45, 2.75) is 57.7 Å². The van der Waals surface area contributed by atoms with Gasteiger partial charge in [-0.05, 0) is 34.1 Å². The van der Waals surface area contributed by atoms with Gasteiger partial charge in [-0.15, -0.1) is 0 Å². The molecule has 92 valence electrons. The van der Waals surface area contributed by atoms with E-state index in [0.29, 0.717) is 12.0 Å². The molecule has 0 aromatic heterocycles. The second kappa shape index (κ2) is 3.62. The summed E-state index contributed by atoms with van der Waals surface area (Å²) in [5.41, 5.74) is 6.04. The fourth-order valence-corrected chi connectivity index (χ4v) is 3.23. The second-order valence-corrected chi connectivity index (χ2v) is 5.90. The summed E-state index contributed by atoms with van der Waals surface area (Å²) in [6, 6.07) is 0.403. The number of nitrogens with two attached hydrogens (primary N) is 1. The highest BCUT2D eigenvalue weighted by molar-refractivity contribution is 5.81. The minimum Gasteiger partial charge on any atom is -0.375 e. The Hall–Kier alpha value is -0.770. The highest BCUT2D eigenvalue weighted by Crippen LogP contribution is 2.40. The normalized spacial score (nSPS) is 33.6. The van der Waals surface area contributed by atoms with E-state index in [0.717, 1.165) is 26.0 Å². The maximum absolute atomic E-state index is 6.01. The van der Waals surface area contributed by atoms with Gasteiger partial charge in [0.05, 0.1) is 17.7 Å². The number of aliphatic imine (C=N–C) groups is 1. The fraction of sp³-hybridized carbons (Fsp3) is 0.917. The molecule has 2 aliphatic rings. The predicted octanol–water partition coefficient (Wildman–Crippen LogP) is 1.35. The van der Waals surface area contributed by atoms with Crippen molar-refractivity contribution in [3.05, 3.63) is 0 Å². The Kier molecular flexibility index (Phi) is 2.65. The third-order valence-electron chi connectivity index (χ3n) is 3.62. The monoisotopic (exact) mass is 225 g/mol. The Labute approximate surface area is 97.9 Å². The lowest BCUT2D eigenvalue weighted by Gasteiger charge is -2.49. The van der Waals surface area contributed by atoms with Crippen LogP contribution < -0.4 is 5.73 Å². The first-order valence-electron chi connectivity index (χ1n) is 6.10. The van der Waals surface area contributed by atoms with Crippen LogP contribution in [0.15, 0.2) is 4.99 Å². The summed E-state index contributed by atoms with van der Waals surface area (Å²) in [5.74, 6) is 0.702. The lowest BCUT2D eigenvalue weighted by atomic mass is 9.80. The molecule has 0 aromatic rings. The van der Waals surface area contributed by atoms with Crippen LogP contribution in [0.25, 0.3) is 0 Å². The Morgan fingerprint density at radius 3 is 2.69 bits per heavy atom. The van der Waals surface area contributed by atoms with Crippen molar-refractivity contribution in [1.29, 1.82) is 0 Å². The average molecular weight is 225 g/mol. The van der Waals surface area contributed by atoms with Gasteiger partial charge < -0.3 is 15.4 Å². The lowest BCUT2D eigenvalue weighted by Crippen LogP contribution is -2.60. The third-order valence-corrected chi connectivity index (χ3v) is 3.62. The molecule has 16 heavy (non-hydrogen) atoms. The molecule has 1 saturated heterocycles. The summed E-state index contributed by atoms with van der Waals surface area (Å²) >= 11 is 0. The first-order valence-corrected chi connectivity index (χ1v) is 6.10. The third kappa shape index (κ3) is 1.79. The molecule has 0 amide bonds. The Bertz CT molecular complexity index is 311. The van der Waals surface area contributed by atoms with Gasteiger partial charge in [0.1, 0.15) is 0 Å². The van der Waals surface area contributed by atoms with Crippen LogP contribution in [0.3, 0.4) is 0 Å². The van der Waals surface area contributed by atoms with Crippen molar-refractivity contribution in [1.82, 2.24) is 4.90 Å². The van der Waals surface area contributed by atoms with Gasteiger partial charge >= 0.3 is 0 Å².